The van der Waals surface area contributed by atoms with Gasteiger partial charge in [-0.25, -0.2) is 9.97 Å². The van der Waals surface area contributed by atoms with Crippen LogP contribution in [0.3, 0.4) is 0 Å². The van der Waals surface area contributed by atoms with Gasteiger partial charge in [0.05, 0.1) is 23.5 Å². The monoisotopic (exact) mass is 267 g/mol. The highest BCUT2D eigenvalue weighted by molar-refractivity contribution is 6.17. The van der Waals surface area contributed by atoms with E-state index in [0.717, 1.165) is 23.8 Å². The van der Waals surface area contributed by atoms with Crippen LogP contribution in [0.2, 0.25) is 0 Å². The molecule has 1 aliphatic rings. The molecule has 0 aliphatic carbocycles. The summed E-state index contributed by atoms with van der Waals surface area (Å²) in [6.45, 7) is 9.82. The highest BCUT2D eigenvalue weighted by Crippen LogP contribution is 2.35. The van der Waals surface area contributed by atoms with Crippen LogP contribution in [-0.2, 0) is 5.88 Å². The first-order valence-electron chi connectivity index (χ1n) is 6.65. The molecule has 0 bridgehead atoms. The lowest BCUT2D eigenvalue weighted by molar-refractivity contribution is 0.515. The Labute approximate surface area is 115 Å². The minimum absolute atomic E-state index is 0.184. The van der Waals surface area contributed by atoms with E-state index in [1.165, 1.54) is 12.8 Å². The molecule has 18 heavy (non-hydrogen) atoms. The zero-order chi connectivity index (χ0) is 13.3. The van der Waals surface area contributed by atoms with E-state index < -0.39 is 0 Å². The first-order valence-corrected chi connectivity index (χ1v) is 7.18. The number of alkyl halides is 1. The number of rotatable bonds is 3. The first kappa shape index (κ1) is 13.6. The topological polar surface area (TPSA) is 29.0 Å². The molecule has 1 aromatic heterocycles. The van der Waals surface area contributed by atoms with Crippen molar-refractivity contribution in [1.29, 1.82) is 0 Å². The zero-order valence-corrected chi connectivity index (χ0v) is 12.5. The van der Waals surface area contributed by atoms with Gasteiger partial charge in [-0.3, -0.25) is 0 Å². The smallest absolute Gasteiger partial charge is 0.131 e. The number of aromatic nitrogens is 2. The molecule has 1 aliphatic heterocycles. The molecule has 1 fully saturated rings. The molecule has 0 unspecified atom stereocenters. The summed E-state index contributed by atoms with van der Waals surface area (Å²) in [6.07, 6.45) is 4.38. The van der Waals surface area contributed by atoms with E-state index in [9.17, 15) is 0 Å². The third kappa shape index (κ3) is 2.46. The van der Waals surface area contributed by atoms with Crippen LogP contribution in [0.4, 0.5) is 5.69 Å². The average Bonchev–Trinajstić information content (AvgIpc) is 2.67. The zero-order valence-electron chi connectivity index (χ0n) is 11.7. The van der Waals surface area contributed by atoms with Crippen LogP contribution in [-0.4, -0.2) is 22.1 Å². The van der Waals surface area contributed by atoms with E-state index in [4.69, 9.17) is 11.6 Å². The second kappa shape index (κ2) is 5.04. The maximum absolute atomic E-state index is 6.06. The van der Waals surface area contributed by atoms with Crippen molar-refractivity contribution >= 4 is 17.3 Å². The predicted molar refractivity (Wildman–Crippen MR) is 76.3 cm³/mol. The Morgan fingerprint density at radius 1 is 1.44 bits per heavy atom. The van der Waals surface area contributed by atoms with Crippen LogP contribution < -0.4 is 4.90 Å². The van der Waals surface area contributed by atoms with Gasteiger partial charge in [0.2, 0.25) is 0 Å². The van der Waals surface area contributed by atoms with Crippen molar-refractivity contribution in [3.63, 3.8) is 0 Å². The maximum Gasteiger partial charge on any atom is 0.131 e. The molecule has 0 spiro atoms. The molecule has 0 saturated carbocycles. The Morgan fingerprint density at radius 3 is 2.67 bits per heavy atom. The molecule has 0 amide bonds. The maximum atomic E-state index is 6.06. The fourth-order valence-corrected chi connectivity index (χ4v) is 2.78. The minimum Gasteiger partial charge on any atom is -0.364 e. The van der Waals surface area contributed by atoms with Gasteiger partial charge >= 0.3 is 0 Å². The van der Waals surface area contributed by atoms with Crippen molar-refractivity contribution in [2.24, 2.45) is 0 Å². The molecule has 0 atom stereocenters. The molecule has 0 radical (unpaired) electrons. The van der Waals surface area contributed by atoms with Crippen molar-refractivity contribution in [3.8, 4) is 0 Å². The quantitative estimate of drug-likeness (QED) is 0.782. The molecule has 3 nitrogen and oxygen atoms in total. The van der Waals surface area contributed by atoms with E-state index in [1.807, 2.05) is 6.20 Å². The van der Waals surface area contributed by atoms with Crippen molar-refractivity contribution in [3.05, 3.63) is 17.7 Å². The van der Waals surface area contributed by atoms with Crippen molar-refractivity contribution in [2.75, 3.05) is 11.4 Å². The van der Waals surface area contributed by atoms with E-state index in [0.29, 0.717) is 11.8 Å². The Bertz CT molecular complexity index is 429. The van der Waals surface area contributed by atoms with Gasteiger partial charge in [0.25, 0.3) is 0 Å². The van der Waals surface area contributed by atoms with Gasteiger partial charge in [-0.05, 0) is 26.7 Å². The molecule has 2 rings (SSSR count). The Morgan fingerprint density at radius 2 is 2.17 bits per heavy atom. The van der Waals surface area contributed by atoms with Crippen molar-refractivity contribution < 1.29 is 0 Å². The van der Waals surface area contributed by atoms with Crippen molar-refractivity contribution in [2.45, 2.75) is 57.9 Å². The summed E-state index contributed by atoms with van der Waals surface area (Å²) in [5, 5.41) is 0. The first-order chi connectivity index (χ1) is 8.45. The van der Waals surface area contributed by atoms with Gasteiger partial charge in [0, 0.05) is 18.0 Å². The van der Waals surface area contributed by atoms with Gasteiger partial charge in [0.1, 0.15) is 5.82 Å². The van der Waals surface area contributed by atoms with Crippen LogP contribution in [0, 0.1) is 0 Å². The van der Waals surface area contributed by atoms with E-state index in [2.05, 4.69) is 42.6 Å². The molecule has 100 valence electrons. The SMILES string of the molecule is CC(C)c1ncc(N2CCCC2(C)C)c(CCl)n1. The largest absolute Gasteiger partial charge is 0.364 e. The summed E-state index contributed by atoms with van der Waals surface area (Å²) in [5.74, 6) is 1.67. The number of hydrogen-bond donors (Lipinski definition) is 0. The molecule has 0 aromatic carbocycles. The summed E-state index contributed by atoms with van der Waals surface area (Å²) in [7, 11) is 0. The lowest BCUT2D eigenvalue weighted by Crippen LogP contribution is -2.39. The summed E-state index contributed by atoms with van der Waals surface area (Å²) >= 11 is 6.06. The molecule has 0 N–H and O–H groups in total. The molecule has 1 saturated heterocycles. The van der Waals surface area contributed by atoms with Gasteiger partial charge in [-0.1, -0.05) is 13.8 Å². The lowest BCUT2D eigenvalue weighted by atomic mass is 10.0. The van der Waals surface area contributed by atoms with Crippen LogP contribution in [0.1, 0.15) is 58.0 Å². The molecule has 2 heterocycles. The van der Waals surface area contributed by atoms with Gasteiger partial charge in [-0.15, -0.1) is 11.6 Å². The fourth-order valence-electron chi connectivity index (χ4n) is 2.58. The highest BCUT2D eigenvalue weighted by Gasteiger charge is 2.33. The van der Waals surface area contributed by atoms with Crippen molar-refractivity contribution in [1.82, 2.24) is 9.97 Å². The normalized spacial score (nSPS) is 18.7. The second-order valence-electron chi connectivity index (χ2n) is 5.92. The van der Waals surface area contributed by atoms with Crippen LogP contribution in [0.5, 0.6) is 0 Å². The minimum atomic E-state index is 0.184. The number of hydrogen-bond acceptors (Lipinski definition) is 3. The Kier molecular flexibility index (Phi) is 3.81. The van der Waals surface area contributed by atoms with E-state index >= 15 is 0 Å². The third-order valence-corrected chi connectivity index (χ3v) is 3.95. The number of anilines is 1. The fraction of sp³-hybridized carbons (Fsp3) is 0.714. The Hall–Kier alpha value is -0.830. The van der Waals surface area contributed by atoms with Gasteiger partial charge < -0.3 is 4.90 Å². The number of halogens is 1. The van der Waals surface area contributed by atoms with E-state index in [-0.39, 0.29) is 5.54 Å². The summed E-state index contributed by atoms with van der Waals surface area (Å²) in [6, 6.07) is 0. The number of nitrogens with zero attached hydrogens (tertiary/aromatic N) is 3. The van der Waals surface area contributed by atoms with E-state index in [1.54, 1.807) is 0 Å². The van der Waals surface area contributed by atoms with Gasteiger partial charge in [-0.2, -0.15) is 0 Å². The Balaban J connectivity index is 2.39. The molecule has 1 aromatic rings. The molecular formula is C14H22ClN3. The lowest BCUT2D eigenvalue weighted by Gasteiger charge is -2.34. The second-order valence-corrected chi connectivity index (χ2v) is 6.18. The summed E-state index contributed by atoms with van der Waals surface area (Å²) < 4.78 is 0. The third-order valence-electron chi connectivity index (χ3n) is 3.70. The summed E-state index contributed by atoms with van der Waals surface area (Å²) in [4.78, 5) is 11.5. The predicted octanol–water partition coefficient (Wildman–Crippen LogP) is 3.72. The average molecular weight is 268 g/mol. The molecular weight excluding hydrogens is 246 g/mol. The van der Waals surface area contributed by atoms with Crippen LogP contribution in [0.15, 0.2) is 6.20 Å². The van der Waals surface area contributed by atoms with Crippen LogP contribution >= 0.6 is 11.6 Å². The van der Waals surface area contributed by atoms with Crippen LogP contribution in [0.25, 0.3) is 0 Å². The highest BCUT2D eigenvalue weighted by atomic mass is 35.5. The molecule has 4 heteroatoms. The van der Waals surface area contributed by atoms with Gasteiger partial charge in [0.15, 0.2) is 0 Å². The summed E-state index contributed by atoms with van der Waals surface area (Å²) in [5.41, 5.74) is 2.26. The standard InChI is InChI=1S/C14H22ClN3/c1-10(2)13-16-9-12(11(8-15)17-13)18-7-5-6-14(18,3)4/h9-10H,5-8H2,1-4H3.